The van der Waals surface area contributed by atoms with Crippen molar-refractivity contribution in [2.75, 3.05) is 19.8 Å². The Morgan fingerprint density at radius 3 is 2.73 bits per heavy atom. The van der Waals surface area contributed by atoms with E-state index in [-0.39, 0.29) is 31.0 Å². The predicted molar refractivity (Wildman–Crippen MR) is 154 cm³/mol. The van der Waals surface area contributed by atoms with Crippen LogP contribution in [-0.2, 0) is 25.8 Å². The van der Waals surface area contributed by atoms with E-state index >= 15 is 0 Å². The van der Waals surface area contributed by atoms with Gasteiger partial charge in [0.25, 0.3) is 0 Å². The maximum Gasteiger partial charge on any atom is 0.311 e. The number of para-hydroxylation sites is 1. The molecule has 10 nitrogen and oxygen atoms in total. The molecular formula is C30H37N5O5S. The highest BCUT2D eigenvalue weighted by molar-refractivity contribution is 8.02. The summed E-state index contributed by atoms with van der Waals surface area (Å²) >= 11 is 1.52. The first-order valence-corrected chi connectivity index (χ1v) is 15.3. The van der Waals surface area contributed by atoms with Gasteiger partial charge in [0, 0.05) is 11.3 Å². The molecule has 2 fully saturated rings. The lowest BCUT2D eigenvalue weighted by Gasteiger charge is -2.41. The summed E-state index contributed by atoms with van der Waals surface area (Å²) in [5, 5.41) is 19.1. The van der Waals surface area contributed by atoms with Gasteiger partial charge in [0.2, 0.25) is 11.8 Å². The van der Waals surface area contributed by atoms with Gasteiger partial charge in [-0.3, -0.25) is 14.4 Å². The summed E-state index contributed by atoms with van der Waals surface area (Å²) in [6.07, 6.45) is 10.2. The summed E-state index contributed by atoms with van der Waals surface area (Å²) < 4.78 is 5.66. The number of benzene rings is 1. The monoisotopic (exact) mass is 579 g/mol. The van der Waals surface area contributed by atoms with Crippen LogP contribution in [0.15, 0.2) is 48.6 Å². The van der Waals surface area contributed by atoms with Gasteiger partial charge in [-0.2, -0.15) is 0 Å². The van der Waals surface area contributed by atoms with Crippen LogP contribution in [0.5, 0.6) is 0 Å². The molecule has 0 bridgehead atoms. The molecule has 2 aromatic rings. The summed E-state index contributed by atoms with van der Waals surface area (Å²) in [5.41, 5.74) is 1.53. The zero-order chi connectivity index (χ0) is 28.9. The minimum atomic E-state index is -1.00. The van der Waals surface area contributed by atoms with Crippen LogP contribution in [0.1, 0.15) is 40.0 Å². The van der Waals surface area contributed by atoms with Crippen LogP contribution in [0.4, 0.5) is 0 Å². The number of hydrogen-bond acceptors (Lipinski definition) is 8. The van der Waals surface area contributed by atoms with Gasteiger partial charge in [-0.05, 0) is 37.8 Å². The summed E-state index contributed by atoms with van der Waals surface area (Å²) in [6.45, 7) is 6.46. The Balaban J connectivity index is 1.47. The van der Waals surface area contributed by atoms with Crippen molar-refractivity contribution in [1.82, 2.24) is 24.8 Å². The summed E-state index contributed by atoms with van der Waals surface area (Å²) in [6, 6.07) is 6.10. The molecule has 1 spiro atoms. The molecule has 4 aliphatic heterocycles. The Labute approximate surface area is 243 Å². The van der Waals surface area contributed by atoms with Gasteiger partial charge in [0.05, 0.1) is 41.4 Å². The van der Waals surface area contributed by atoms with Crippen LogP contribution in [0, 0.1) is 17.8 Å². The first kappa shape index (κ1) is 28.0. The third kappa shape index (κ3) is 4.31. The highest BCUT2D eigenvalue weighted by Crippen LogP contribution is 2.65. The van der Waals surface area contributed by atoms with Gasteiger partial charge in [0.15, 0.2) is 0 Å². The fourth-order valence-electron chi connectivity index (χ4n) is 7.10. The fraction of sp³-hybridized carbons (Fsp3) is 0.567. The molecule has 218 valence electrons. The average molecular weight is 580 g/mol. The summed E-state index contributed by atoms with van der Waals surface area (Å²) in [4.78, 5) is 46.2. The van der Waals surface area contributed by atoms with Gasteiger partial charge < -0.3 is 19.6 Å². The van der Waals surface area contributed by atoms with Crippen molar-refractivity contribution in [3.8, 4) is 0 Å². The van der Waals surface area contributed by atoms with Crippen LogP contribution in [0.3, 0.4) is 0 Å². The van der Waals surface area contributed by atoms with E-state index in [0.717, 1.165) is 30.3 Å². The number of amides is 2. The third-order valence-electron chi connectivity index (χ3n) is 9.34. The molecule has 4 aliphatic rings. The molecule has 1 N–H and O–H groups in total. The Bertz CT molecular complexity index is 1420. The number of hydrogen-bond donors (Lipinski definition) is 1. The molecule has 5 heterocycles. The number of cyclic esters (lactones) is 1. The van der Waals surface area contributed by atoms with Crippen LogP contribution >= 0.6 is 11.8 Å². The number of aliphatic hydroxyl groups is 1. The molecule has 2 amide bonds. The van der Waals surface area contributed by atoms with Gasteiger partial charge >= 0.3 is 5.97 Å². The van der Waals surface area contributed by atoms with Crippen LogP contribution in [-0.4, -0.2) is 89.0 Å². The molecule has 0 radical (unpaired) electrons. The number of ether oxygens (including phenoxy) is 1. The molecule has 1 aromatic heterocycles. The van der Waals surface area contributed by atoms with Crippen molar-refractivity contribution >= 4 is 40.6 Å². The minimum absolute atomic E-state index is 0.0590. The van der Waals surface area contributed by atoms with Crippen LogP contribution < -0.4 is 0 Å². The second-order valence-electron chi connectivity index (χ2n) is 11.8. The molecule has 1 unspecified atom stereocenters. The number of esters is 1. The minimum Gasteiger partial charge on any atom is -0.465 e. The van der Waals surface area contributed by atoms with Gasteiger partial charge in [-0.25, -0.2) is 4.68 Å². The standard InChI is InChI=1S/C30H37N5O5S/c1-4-19(2)22(17-36)35-25-27(38)33(18-34-21-12-7-6-11-20(21)31-32-34)15-10-14-30(25)23(26(35)37)24-28(39)40-16-9-5-8-13-29(24,3)41-30/h6-8,10-14,19,22-25,36H,4-5,9,15-18H2,1-3H3/b13-8-/t19-,22-,23-,24-,25?,29+,30-/m0/s1. The van der Waals surface area contributed by atoms with E-state index in [2.05, 4.69) is 16.4 Å². The quantitative estimate of drug-likeness (QED) is 0.410. The second-order valence-corrected chi connectivity index (χ2v) is 13.6. The zero-order valence-corrected chi connectivity index (χ0v) is 24.5. The van der Waals surface area contributed by atoms with Gasteiger partial charge in [0.1, 0.15) is 18.2 Å². The smallest absolute Gasteiger partial charge is 0.311 e. The molecule has 7 atom stereocenters. The lowest BCUT2D eigenvalue weighted by Crippen LogP contribution is -2.58. The second kappa shape index (κ2) is 10.6. The van der Waals surface area contributed by atoms with E-state index in [9.17, 15) is 19.5 Å². The van der Waals surface area contributed by atoms with E-state index in [1.807, 2.05) is 63.3 Å². The average Bonchev–Trinajstić information content (AvgIpc) is 3.53. The summed E-state index contributed by atoms with van der Waals surface area (Å²) in [5.74, 6) is -2.53. The molecule has 0 saturated carbocycles. The van der Waals surface area contributed by atoms with E-state index in [1.54, 1.807) is 14.5 Å². The molecule has 0 aliphatic carbocycles. The SMILES string of the molecule is CC[C@H](C)[C@H](CO)N1C(=O)[C@@H]2[C@H]3C(=O)OCCC/C=C\[C@@]3(C)S[C@@]23C=CCN(Cn2nnc4ccccc42)C(=O)C13. The summed E-state index contributed by atoms with van der Waals surface area (Å²) in [7, 11) is 0. The first-order valence-electron chi connectivity index (χ1n) is 14.5. The molecule has 1 aromatic carbocycles. The maximum atomic E-state index is 14.7. The molecule has 2 saturated heterocycles. The van der Waals surface area contributed by atoms with Crippen molar-refractivity contribution in [2.24, 2.45) is 17.8 Å². The zero-order valence-electron chi connectivity index (χ0n) is 23.7. The topological polar surface area (TPSA) is 118 Å². The van der Waals surface area contributed by atoms with E-state index in [0.29, 0.717) is 13.2 Å². The Morgan fingerprint density at radius 2 is 1.95 bits per heavy atom. The van der Waals surface area contributed by atoms with Crippen molar-refractivity contribution in [3.63, 3.8) is 0 Å². The maximum absolute atomic E-state index is 14.7. The van der Waals surface area contributed by atoms with Crippen molar-refractivity contribution in [3.05, 3.63) is 48.6 Å². The van der Waals surface area contributed by atoms with Crippen LogP contribution in [0.2, 0.25) is 0 Å². The number of aliphatic hydroxyl groups excluding tert-OH is 1. The normalized spacial score (nSPS) is 33.8. The van der Waals surface area contributed by atoms with E-state index < -0.39 is 39.4 Å². The number of fused-ring (bicyclic) bond motifs is 3. The number of nitrogens with zero attached hydrogens (tertiary/aromatic N) is 5. The Kier molecular flexibility index (Phi) is 7.22. The Hall–Kier alpha value is -3.18. The number of rotatable bonds is 6. The lowest BCUT2D eigenvalue weighted by atomic mass is 9.74. The molecule has 11 heteroatoms. The molecule has 41 heavy (non-hydrogen) atoms. The van der Waals surface area contributed by atoms with E-state index in [4.69, 9.17) is 4.74 Å². The number of carbonyl (C=O) groups excluding carboxylic acids is 3. The number of allylic oxidation sites excluding steroid dienone is 1. The number of aromatic nitrogens is 3. The lowest BCUT2D eigenvalue weighted by molar-refractivity contribution is -0.155. The van der Waals surface area contributed by atoms with Gasteiger partial charge in [-0.1, -0.05) is 61.9 Å². The van der Waals surface area contributed by atoms with E-state index in [1.165, 1.54) is 11.8 Å². The largest absolute Gasteiger partial charge is 0.465 e. The van der Waals surface area contributed by atoms with Crippen molar-refractivity contribution in [1.29, 1.82) is 0 Å². The molecule has 6 rings (SSSR count). The molecular weight excluding hydrogens is 542 g/mol. The van der Waals surface area contributed by atoms with Gasteiger partial charge in [-0.15, -0.1) is 16.9 Å². The third-order valence-corrected chi connectivity index (χ3v) is 11.1. The Morgan fingerprint density at radius 1 is 1.15 bits per heavy atom. The number of carbonyl (C=O) groups is 3. The highest BCUT2D eigenvalue weighted by Gasteiger charge is 2.74. The highest BCUT2D eigenvalue weighted by atomic mass is 32.2. The predicted octanol–water partition coefficient (Wildman–Crippen LogP) is 2.77. The van der Waals surface area contributed by atoms with Crippen molar-refractivity contribution in [2.45, 2.75) is 68.3 Å². The number of thioether (sulfide) groups is 1. The van der Waals surface area contributed by atoms with Crippen molar-refractivity contribution < 1.29 is 24.2 Å². The first-order chi connectivity index (χ1) is 19.8. The number of likely N-dealkylation sites (tertiary alicyclic amines) is 1. The van der Waals surface area contributed by atoms with Crippen LogP contribution in [0.25, 0.3) is 11.0 Å². The fourth-order valence-corrected chi connectivity index (χ4v) is 9.24.